The monoisotopic (exact) mass is 244 g/mol. The smallest absolute Gasteiger partial charge is 0.236 e. The van der Waals surface area contributed by atoms with Crippen molar-refractivity contribution in [3.8, 4) is 0 Å². The summed E-state index contributed by atoms with van der Waals surface area (Å²) in [7, 11) is 0. The summed E-state index contributed by atoms with van der Waals surface area (Å²) < 4.78 is 5.18. The molecule has 16 heavy (non-hydrogen) atoms. The van der Waals surface area contributed by atoms with Gasteiger partial charge in [0.25, 0.3) is 0 Å². The number of aliphatic hydroxyl groups excluding tert-OH is 1. The van der Waals surface area contributed by atoms with E-state index in [1.54, 1.807) is 11.8 Å². The zero-order valence-electron chi connectivity index (χ0n) is 10.4. The van der Waals surface area contributed by atoms with Gasteiger partial charge in [0.05, 0.1) is 5.75 Å². The molecule has 0 aliphatic carbocycles. The highest BCUT2D eigenvalue weighted by Gasteiger charge is 2.20. The van der Waals surface area contributed by atoms with Crippen LogP contribution in [0.1, 0.15) is 45.8 Å². The molecule has 0 saturated carbocycles. The predicted octanol–water partition coefficient (Wildman–Crippen LogP) is 2.37. The molecule has 1 aromatic rings. The Morgan fingerprint density at radius 1 is 1.44 bits per heavy atom. The minimum atomic E-state index is -0.0663. The highest BCUT2D eigenvalue weighted by atomic mass is 32.2. The van der Waals surface area contributed by atoms with E-state index in [1.165, 1.54) is 0 Å². The van der Waals surface area contributed by atoms with Crippen LogP contribution < -0.4 is 0 Å². The van der Waals surface area contributed by atoms with Gasteiger partial charge in [-0.3, -0.25) is 0 Å². The number of rotatable bonds is 5. The van der Waals surface area contributed by atoms with Crippen LogP contribution in [0.3, 0.4) is 0 Å². The molecule has 1 heterocycles. The molecule has 1 unspecified atom stereocenters. The van der Waals surface area contributed by atoms with E-state index in [9.17, 15) is 0 Å². The second kappa shape index (κ2) is 5.68. The van der Waals surface area contributed by atoms with Crippen molar-refractivity contribution in [2.75, 3.05) is 6.61 Å². The standard InChI is InChI=1S/C11H20N2O2S/c1-8(5-6-14)16-7-9-12-10(13-15-9)11(2,3)4/h8,14H,5-7H2,1-4H3. The average Bonchev–Trinajstić information content (AvgIpc) is 2.63. The maximum absolute atomic E-state index is 8.78. The molecule has 1 atom stereocenters. The lowest BCUT2D eigenvalue weighted by Crippen LogP contribution is -2.13. The van der Waals surface area contributed by atoms with Crippen molar-refractivity contribution in [1.29, 1.82) is 0 Å². The molecule has 0 radical (unpaired) electrons. The SMILES string of the molecule is CC(CCO)SCc1nc(C(C)(C)C)no1. The topological polar surface area (TPSA) is 59.2 Å². The minimum absolute atomic E-state index is 0.0663. The summed E-state index contributed by atoms with van der Waals surface area (Å²) in [5.41, 5.74) is -0.0663. The fraction of sp³-hybridized carbons (Fsp3) is 0.818. The molecule has 4 nitrogen and oxygen atoms in total. The molecule has 0 aromatic carbocycles. The summed E-state index contributed by atoms with van der Waals surface area (Å²) in [4.78, 5) is 4.35. The second-order valence-corrected chi connectivity index (χ2v) is 6.32. The van der Waals surface area contributed by atoms with Gasteiger partial charge in [-0.05, 0) is 6.42 Å². The third-order valence-electron chi connectivity index (χ3n) is 2.17. The Balaban J connectivity index is 2.47. The normalized spacial score (nSPS) is 14.1. The first kappa shape index (κ1) is 13.5. The lowest BCUT2D eigenvalue weighted by Gasteiger charge is -2.11. The quantitative estimate of drug-likeness (QED) is 0.861. The fourth-order valence-corrected chi connectivity index (χ4v) is 1.91. The van der Waals surface area contributed by atoms with Crippen molar-refractivity contribution in [3.05, 3.63) is 11.7 Å². The molecule has 1 aromatic heterocycles. The number of hydrogen-bond acceptors (Lipinski definition) is 5. The highest BCUT2D eigenvalue weighted by molar-refractivity contribution is 7.99. The molecule has 0 fully saturated rings. The van der Waals surface area contributed by atoms with Crippen molar-refractivity contribution in [2.45, 2.75) is 50.5 Å². The van der Waals surface area contributed by atoms with Crippen LogP contribution in [0.4, 0.5) is 0 Å². The second-order valence-electron chi connectivity index (χ2n) is 4.90. The van der Waals surface area contributed by atoms with Gasteiger partial charge in [-0.25, -0.2) is 0 Å². The van der Waals surface area contributed by atoms with E-state index in [0.717, 1.165) is 12.2 Å². The van der Waals surface area contributed by atoms with Crippen LogP contribution in [0.2, 0.25) is 0 Å². The summed E-state index contributed by atoms with van der Waals surface area (Å²) in [5, 5.41) is 13.2. The molecule has 0 bridgehead atoms. The van der Waals surface area contributed by atoms with Crippen LogP contribution in [-0.4, -0.2) is 27.1 Å². The van der Waals surface area contributed by atoms with Gasteiger partial charge in [-0.2, -0.15) is 4.98 Å². The Morgan fingerprint density at radius 3 is 2.62 bits per heavy atom. The molecule has 0 aliphatic rings. The first-order valence-electron chi connectivity index (χ1n) is 5.49. The number of hydrogen-bond donors (Lipinski definition) is 1. The molecule has 0 amide bonds. The zero-order chi connectivity index (χ0) is 12.2. The highest BCUT2D eigenvalue weighted by Crippen LogP contribution is 2.22. The Labute approximate surface area is 101 Å². The Bertz CT molecular complexity index is 320. The lowest BCUT2D eigenvalue weighted by atomic mass is 9.96. The van der Waals surface area contributed by atoms with Crippen LogP contribution in [-0.2, 0) is 11.2 Å². The van der Waals surface area contributed by atoms with Crippen LogP contribution in [0, 0.1) is 0 Å². The predicted molar refractivity (Wildman–Crippen MR) is 65.5 cm³/mol. The van der Waals surface area contributed by atoms with Crippen molar-refractivity contribution in [2.24, 2.45) is 0 Å². The first-order valence-corrected chi connectivity index (χ1v) is 6.54. The Morgan fingerprint density at radius 2 is 2.12 bits per heavy atom. The molecule has 92 valence electrons. The van der Waals surface area contributed by atoms with Crippen LogP contribution in [0.25, 0.3) is 0 Å². The van der Waals surface area contributed by atoms with E-state index in [-0.39, 0.29) is 12.0 Å². The molecule has 0 saturated heterocycles. The zero-order valence-corrected chi connectivity index (χ0v) is 11.2. The lowest BCUT2D eigenvalue weighted by molar-refractivity contribution is 0.289. The molecule has 0 spiro atoms. The van der Waals surface area contributed by atoms with Gasteiger partial charge in [0, 0.05) is 17.3 Å². The van der Waals surface area contributed by atoms with Gasteiger partial charge in [0.1, 0.15) is 0 Å². The van der Waals surface area contributed by atoms with Crippen molar-refractivity contribution >= 4 is 11.8 Å². The maximum atomic E-state index is 8.78. The van der Waals surface area contributed by atoms with Crippen molar-refractivity contribution < 1.29 is 9.63 Å². The van der Waals surface area contributed by atoms with Gasteiger partial charge >= 0.3 is 0 Å². The van der Waals surface area contributed by atoms with Gasteiger partial charge in [-0.1, -0.05) is 32.9 Å². The van der Waals surface area contributed by atoms with Gasteiger partial charge in [0.2, 0.25) is 5.89 Å². The van der Waals surface area contributed by atoms with Gasteiger partial charge in [-0.15, -0.1) is 11.8 Å². The largest absolute Gasteiger partial charge is 0.396 e. The number of nitrogens with zero attached hydrogens (tertiary/aromatic N) is 2. The summed E-state index contributed by atoms with van der Waals surface area (Å²) in [6.45, 7) is 8.49. The molecular formula is C11H20N2O2S. The summed E-state index contributed by atoms with van der Waals surface area (Å²) in [6, 6.07) is 0. The number of thioether (sulfide) groups is 1. The summed E-state index contributed by atoms with van der Waals surface area (Å²) in [5.74, 6) is 2.13. The van der Waals surface area contributed by atoms with E-state index in [1.807, 2.05) is 0 Å². The van der Waals surface area contributed by atoms with Crippen molar-refractivity contribution in [1.82, 2.24) is 10.1 Å². The average molecular weight is 244 g/mol. The number of aromatic nitrogens is 2. The van der Waals surface area contributed by atoms with Crippen LogP contribution in [0.5, 0.6) is 0 Å². The van der Waals surface area contributed by atoms with E-state index >= 15 is 0 Å². The van der Waals surface area contributed by atoms with E-state index in [0.29, 0.717) is 16.9 Å². The molecule has 0 aliphatic heterocycles. The molecule has 1 N–H and O–H groups in total. The van der Waals surface area contributed by atoms with Crippen molar-refractivity contribution in [3.63, 3.8) is 0 Å². The Hall–Kier alpha value is -0.550. The summed E-state index contributed by atoms with van der Waals surface area (Å²) >= 11 is 1.72. The third-order valence-corrected chi connectivity index (χ3v) is 3.38. The Kier molecular flexibility index (Phi) is 4.80. The van der Waals surface area contributed by atoms with E-state index in [2.05, 4.69) is 37.8 Å². The fourth-order valence-electron chi connectivity index (χ4n) is 1.10. The van der Waals surface area contributed by atoms with E-state index in [4.69, 9.17) is 9.63 Å². The maximum Gasteiger partial charge on any atom is 0.236 e. The third kappa shape index (κ3) is 4.14. The number of aliphatic hydroxyl groups is 1. The molecular weight excluding hydrogens is 224 g/mol. The van der Waals surface area contributed by atoms with Crippen LogP contribution >= 0.6 is 11.8 Å². The molecule has 1 rings (SSSR count). The van der Waals surface area contributed by atoms with Gasteiger partial charge < -0.3 is 9.63 Å². The minimum Gasteiger partial charge on any atom is -0.396 e. The van der Waals surface area contributed by atoms with Crippen LogP contribution in [0.15, 0.2) is 4.52 Å². The first-order chi connectivity index (χ1) is 7.43. The van der Waals surface area contributed by atoms with Gasteiger partial charge in [0.15, 0.2) is 5.82 Å². The van der Waals surface area contributed by atoms with E-state index < -0.39 is 0 Å². The summed E-state index contributed by atoms with van der Waals surface area (Å²) in [6.07, 6.45) is 0.797. The molecule has 5 heteroatoms.